The Labute approximate surface area is 178 Å². The molecule has 0 spiro atoms. The van der Waals surface area contributed by atoms with Crippen molar-refractivity contribution in [2.24, 2.45) is 5.92 Å². The molecule has 0 saturated carbocycles. The summed E-state index contributed by atoms with van der Waals surface area (Å²) >= 11 is 5.92. The minimum Gasteiger partial charge on any atom is -0.447 e. The number of anilines is 2. The molecule has 4 rings (SSSR count). The Morgan fingerprint density at radius 1 is 1.17 bits per heavy atom. The lowest BCUT2D eigenvalue weighted by Gasteiger charge is -2.23. The number of nitrogens with zero attached hydrogens (tertiary/aromatic N) is 5. The molecule has 1 aliphatic rings. The molecule has 0 aliphatic carbocycles. The first-order valence-corrected chi connectivity index (χ1v) is 9.95. The molecule has 3 aromatic rings. The van der Waals surface area contributed by atoms with Gasteiger partial charge in [0.25, 0.3) is 0 Å². The average molecular weight is 429 g/mol. The Hall–Kier alpha value is -3.20. The maximum atomic E-state index is 12.2. The molecule has 156 valence electrons. The number of benzene rings is 1. The normalized spacial score (nSPS) is 17.3. The van der Waals surface area contributed by atoms with Crippen LogP contribution in [0.2, 0.25) is 5.02 Å². The lowest BCUT2D eigenvalue weighted by Crippen LogP contribution is -2.37. The van der Waals surface area contributed by atoms with Gasteiger partial charge in [-0.25, -0.2) is 9.78 Å². The van der Waals surface area contributed by atoms with Gasteiger partial charge in [0.2, 0.25) is 17.7 Å². The SMILES string of the molecule is CC(C)C1COC(=O)N1c1ccnc(N[C@@H](C)c2nc(-c3ccc(Cl)cc3)no2)n1. The molecule has 0 radical (unpaired) electrons. The molecule has 9 nitrogen and oxygen atoms in total. The molecule has 1 N–H and O–H groups in total. The number of carbonyl (C=O) groups excluding carboxylic acids is 1. The first-order chi connectivity index (χ1) is 14.4. The van der Waals surface area contributed by atoms with E-state index in [1.54, 1.807) is 29.3 Å². The van der Waals surface area contributed by atoms with Crippen LogP contribution in [0, 0.1) is 5.92 Å². The number of aromatic nitrogens is 4. The van der Waals surface area contributed by atoms with E-state index in [1.807, 2.05) is 32.9 Å². The zero-order valence-corrected chi connectivity index (χ0v) is 17.5. The highest BCUT2D eigenvalue weighted by Gasteiger charge is 2.37. The van der Waals surface area contributed by atoms with Crippen molar-refractivity contribution in [1.29, 1.82) is 0 Å². The number of ether oxygens (including phenoxy) is 1. The van der Waals surface area contributed by atoms with Gasteiger partial charge in [0.05, 0.1) is 6.04 Å². The van der Waals surface area contributed by atoms with Crippen molar-refractivity contribution in [2.75, 3.05) is 16.8 Å². The molecular formula is C20H21ClN6O3. The fourth-order valence-corrected chi connectivity index (χ4v) is 3.25. The Kier molecular flexibility index (Phi) is 5.54. The second-order valence-corrected chi connectivity index (χ2v) is 7.76. The van der Waals surface area contributed by atoms with Crippen molar-refractivity contribution >= 4 is 29.5 Å². The van der Waals surface area contributed by atoms with Gasteiger partial charge in [0, 0.05) is 16.8 Å². The smallest absolute Gasteiger partial charge is 0.415 e. The zero-order valence-electron chi connectivity index (χ0n) is 16.7. The van der Waals surface area contributed by atoms with Gasteiger partial charge in [-0.05, 0) is 43.2 Å². The van der Waals surface area contributed by atoms with E-state index in [4.69, 9.17) is 20.9 Å². The van der Waals surface area contributed by atoms with E-state index in [1.165, 1.54) is 0 Å². The molecule has 30 heavy (non-hydrogen) atoms. The maximum Gasteiger partial charge on any atom is 0.415 e. The number of hydrogen-bond donors (Lipinski definition) is 1. The number of carbonyl (C=O) groups is 1. The minimum absolute atomic E-state index is 0.0736. The van der Waals surface area contributed by atoms with Crippen LogP contribution in [-0.2, 0) is 4.74 Å². The number of hydrogen-bond acceptors (Lipinski definition) is 8. The largest absolute Gasteiger partial charge is 0.447 e. The van der Waals surface area contributed by atoms with Gasteiger partial charge in [-0.2, -0.15) is 9.97 Å². The highest BCUT2D eigenvalue weighted by molar-refractivity contribution is 6.30. The van der Waals surface area contributed by atoms with Crippen molar-refractivity contribution in [2.45, 2.75) is 32.9 Å². The summed E-state index contributed by atoms with van der Waals surface area (Å²) in [5, 5.41) is 7.79. The molecule has 1 amide bonds. The molecule has 1 aliphatic heterocycles. The van der Waals surface area contributed by atoms with E-state index < -0.39 is 6.09 Å². The number of rotatable bonds is 6. The Morgan fingerprint density at radius 3 is 2.67 bits per heavy atom. The fraction of sp³-hybridized carbons (Fsp3) is 0.350. The molecule has 1 unspecified atom stereocenters. The lowest BCUT2D eigenvalue weighted by atomic mass is 10.0. The number of nitrogens with one attached hydrogen (secondary N) is 1. The van der Waals surface area contributed by atoms with Crippen LogP contribution in [0.25, 0.3) is 11.4 Å². The van der Waals surface area contributed by atoms with Gasteiger partial charge in [-0.1, -0.05) is 30.6 Å². The van der Waals surface area contributed by atoms with Crippen LogP contribution in [0.5, 0.6) is 0 Å². The second kappa shape index (κ2) is 8.27. The summed E-state index contributed by atoms with van der Waals surface area (Å²) in [6.45, 7) is 6.27. The van der Waals surface area contributed by atoms with Crippen LogP contribution in [0.1, 0.15) is 32.7 Å². The summed E-state index contributed by atoms with van der Waals surface area (Å²) < 4.78 is 10.6. The predicted octanol–water partition coefficient (Wildman–Crippen LogP) is 4.33. The van der Waals surface area contributed by atoms with Crippen molar-refractivity contribution < 1.29 is 14.1 Å². The summed E-state index contributed by atoms with van der Waals surface area (Å²) in [7, 11) is 0. The van der Waals surface area contributed by atoms with Crippen molar-refractivity contribution in [3.63, 3.8) is 0 Å². The molecule has 2 aromatic heterocycles. The molecule has 10 heteroatoms. The van der Waals surface area contributed by atoms with Gasteiger partial charge in [0.15, 0.2) is 0 Å². The number of cyclic esters (lactones) is 1. The zero-order chi connectivity index (χ0) is 21.3. The van der Waals surface area contributed by atoms with Crippen molar-refractivity contribution in [1.82, 2.24) is 20.1 Å². The minimum atomic E-state index is -0.407. The van der Waals surface area contributed by atoms with Crippen LogP contribution in [0.3, 0.4) is 0 Å². The average Bonchev–Trinajstić information content (AvgIpc) is 3.36. The third kappa shape index (κ3) is 4.06. The van der Waals surface area contributed by atoms with Crippen molar-refractivity contribution in [3.8, 4) is 11.4 Å². The Balaban J connectivity index is 1.50. The standard InChI is InChI=1S/C20H21ClN6O3/c1-11(2)15-10-29-20(28)27(15)16-8-9-22-19(24-16)23-12(3)18-25-17(26-30-18)13-4-6-14(21)7-5-13/h4-9,11-12,15H,10H2,1-3H3,(H,22,23,24)/t12-,15?/m0/s1. The molecule has 1 fully saturated rings. The quantitative estimate of drug-likeness (QED) is 0.618. The Bertz CT molecular complexity index is 1040. The predicted molar refractivity (Wildman–Crippen MR) is 111 cm³/mol. The van der Waals surface area contributed by atoms with E-state index in [9.17, 15) is 4.79 Å². The third-order valence-corrected chi connectivity index (χ3v) is 5.08. The molecular weight excluding hydrogens is 408 g/mol. The molecule has 1 aromatic carbocycles. The third-order valence-electron chi connectivity index (χ3n) is 4.82. The van der Waals surface area contributed by atoms with Crippen molar-refractivity contribution in [3.05, 3.63) is 47.4 Å². The lowest BCUT2D eigenvalue weighted by molar-refractivity contribution is 0.177. The van der Waals surface area contributed by atoms with Crippen LogP contribution < -0.4 is 10.2 Å². The first kappa shape index (κ1) is 20.1. The van der Waals surface area contributed by atoms with Gasteiger partial charge in [0.1, 0.15) is 18.5 Å². The summed E-state index contributed by atoms with van der Waals surface area (Å²) in [6, 6.07) is 8.44. The number of amides is 1. The van der Waals surface area contributed by atoms with Gasteiger partial charge in [-0.15, -0.1) is 0 Å². The van der Waals surface area contributed by atoms with E-state index >= 15 is 0 Å². The molecule has 2 atom stereocenters. The number of halogens is 1. The van der Waals surface area contributed by atoms with Gasteiger partial charge >= 0.3 is 6.09 Å². The molecule has 3 heterocycles. The monoisotopic (exact) mass is 428 g/mol. The molecule has 1 saturated heterocycles. The van der Waals surface area contributed by atoms with E-state index in [-0.39, 0.29) is 18.0 Å². The van der Waals surface area contributed by atoms with E-state index in [0.29, 0.717) is 35.1 Å². The second-order valence-electron chi connectivity index (χ2n) is 7.33. The summed E-state index contributed by atoms with van der Waals surface area (Å²) in [5.41, 5.74) is 0.798. The molecule has 0 bridgehead atoms. The highest BCUT2D eigenvalue weighted by Crippen LogP contribution is 2.27. The van der Waals surface area contributed by atoms with Crippen LogP contribution in [-0.4, -0.2) is 38.9 Å². The summed E-state index contributed by atoms with van der Waals surface area (Å²) in [6.07, 6.45) is 1.18. The highest BCUT2D eigenvalue weighted by atomic mass is 35.5. The first-order valence-electron chi connectivity index (χ1n) is 9.57. The summed E-state index contributed by atoms with van der Waals surface area (Å²) in [5.74, 6) is 1.90. The maximum absolute atomic E-state index is 12.2. The van der Waals surface area contributed by atoms with E-state index in [2.05, 4.69) is 25.4 Å². The fourth-order valence-electron chi connectivity index (χ4n) is 3.13. The van der Waals surface area contributed by atoms with Crippen LogP contribution in [0.15, 0.2) is 41.1 Å². The topological polar surface area (TPSA) is 106 Å². The van der Waals surface area contributed by atoms with Gasteiger partial charge < -0.3 is 14.6 Å². The van der Waals surface area contributed by atoms with Gasteiger partial charge in [-0.3, -0.25) is 4.90 Å². The summed E-state index contributed by atoms with van der Waals surface area (Å²) in [4.78, 5) is 26.9. The van der Waals surface area contributed by atoms with Crippen LogP contribution in [0.4, 0.5) is 16.6 Å². The van der Waals surface area contributed by atoms with Crippen LogP contribution >= 0.6 is 11.6 Å². The van der Waals surface area contributed by atoms with E-state index in [0.717, 1.165) is 5.56 Å². The Morgan fingerprint density at radius 2 is 1.93 bits per heavy atom.